The summed E-state index contributed by atoms with van der Waals surface area (Å²) in [5.41, 5.74) is 0.382. The van der Waals surface area contributed by atoms with Gasteiger partial charge in [0.25, 0.3) is 10.0 Å². The number of carbonyl (C=O) groups is 1. The minimum Gasteiger partial charge on any atom is -0.294 e. The molecule has 0 aliphatic heterocycles. The summed E-state index contributed by atoms with van der Waals surface area (Å²) in [6.07, 6.45) is 1.65. The molecule has 6 nitrogen and oxygen atoms in total. The zero-order valence-corrected chi connectivity index (χ0v) is 11.7. The number of rotatable bonds is 5. The topological polar surface area (TPSA) is 89.0 Å². The third-order valence-corrected chi connectivity index (χ3v) is 4.46. The van der Waals surface area contributed by atoms with Crippen LogP contribution in [-0.2, 0) is 10.0 Å². The molecule has 100 valence electrons. The second kappa shape index (κ2) is 5.45. The molecule has 0 aliphatic carbocycles. The Balaban J connectivity index is 2.33. The molecular weight excluding hydrogens is 286 g/mol. The Hall–Kier alpha value is -1.80. The number of nitrogens with zero attached hydrogens (tertiary/aromatic N) is 2. The lowest BCUT2D eigenvalue weighted by atomic mass is 10.1. The van der Waals surface area contributed by atoms with Crippen LogP contribution < -0.4 is 4.72 Å². The lowest BCUT2D eigenvalue weighted by Crippen LogP contribution is -2.12. The van der Waals surface area contributed by atoms with Crippen LogP contribution in [0.5, 0.6) is 0 Å². The lowest BCUT2D eigenvalue weighted by molar-refractivity contribution is 0.0988. The van der Waals surface area contributed by atoms with Gasteiger partial charge in [0.05, 0.1) is 11.1 Å². The molecule has 1 aromatic carbocycles. The number of nitrogens with one attached hydrogen (secondary N) is 1. The van der Waals surface area contributed by atoms with E-state index in [0.29, 0.717) is 17.0 Å². The van der Waals surface area contributed by atoms with Crippen molar-refractivity contribution < 1.29 is 13.2 Å². The summed E-state index contributed by atoms with van der Waals surface area (Å²) in [5, 5.41) is 3.87. The number of benzene rings is 1. The summed E-state index contributed by atoms with van der Waals surface area (Å²) in [5.74, 6) is -0.100. The van der Waals surface area contributed by atoms with E-state index in [-0.39, 0.29) is 10.7 Å². The molecule has 19 heavy (non-hydrogen) atoms. The van der Waals surface area contributed by atoms with E-state index in [1.807, 2.05) is 0 Å². The van der Waals surface area contributed by atoms with Crippen molar-refractivity contribution in [2.75, 3.05) is 4.72 Å². The highest BCUT2D eigenvalue weighted by Crippen LogP contribution is 2.19. The number of carbonyl (C=O) groups excluding carboxylic acids is 1. The van der Waals surface area contributed by atoms with Crippen LogP contribution >= 0.6 is 11.5 Å². The van der Waals surface area contributed by atoms with Crippen LogP contribution in [0.2, 0.25) is 0 Å². The molecule has 0 radical (unpaired) electrons. The second-order valence-electron chi connectivity index (χ2n) is 3.69. The van der Waals surface area contributed by atoms with Crippen LogP contribution in [0.1, 0.15) is 23.7 Å². The van der Waals surface area contributed by atoms with Crippen LogP contribution in [0.25, 0.3) is 0 Å². The van der Waals surface area contributed by atoms with Crippen molar-refractivity contribution >= 4 is 32.3 Å². The van der Waals surface area contributed by atoms with Gasteiger partial charge in [-0.1, -0.05) is 23.5 Å². The van der Waals surface area contributed by atoms with Crippen molar-refractivity contribution in [3.63, 3.8) is 0 Å². The first-order chi connectivity index (χ1) is 9.03. The van der Waals surface area contributed by atoms with Crippen molar-refractivity contribution in [2.24, 2.45) is 0 Å². The van der Waals surface area contributed by atoms with Gasteiger partial charge in [0, 0.05) is 23.5 Å². The summed E-state index contributed by atoms with van der Waals surface area (Å²) in [4.78, 5) is 11.6. The smallest absolute Gasteiger partial charge is 0.262 e. The van der Waals surface area contributed by atoms with E-state index in [2.05, 4.69) is 14.3 Å². The molecule has 0 amide bonds. The quantitative estimate of drug-likeness (QED) is 0.852. The Morgan fingerprint density at radius 3 is 2.84 bits per heavy atom. The average Bonchev–Trinajstić information content (AvgIpc) is 2.90. The largest absolute Gasteiger partial charge is 0.294 e. The zero-order valence-electron chi connectivity index (χ0n) is 10.0. The van der Waals surface area contributed by atoms with Crippen LogP contribution in [0, 0.1) is 0 Å². The zero-order chi connectivity index (χ0) is 13.9. The third kappa shape index (κ3) is 3.15. The minimum atomic E-state index is -3.72. The van der Waals surface area contributed by atoms with Crippen LogP contribution in [-0.4, -0.2) is 23.8 Å². The molecule has 2 aromatic rings. The number of sulfonamides is 1. The van der Waals surface area contributed by atoms with Crippen molar-refractivity contribution in [1.29, 1.82) is 0 Å². The van der Waals surface area contributed by atoms with Gasteiger partial charge < -0.3 is 0 Å². The summed E-state index contributed by atoms with van der Waals surface area (Å²) in [7, 11) is -3.72. The maximum absolute atomic E-state index is 12.1. The Kier molecular flexibility index (Phi) is 3.91. The Labute approximate surface area is 114 Å². The van der Waals surface area contributed by atoms with Gasteiger partial charge in [-0.25, -0.2) is 8.42 Å². The minimum absolute atomic E-state index is 0.0419. The predicted molar refractivity (Wildman–Crippen MR) is 71.8 cm³/mol. The molecule has 0 saturated heterocycles. The van der Waals surface area contributed by atoms with Crippen LogP contribution in [0.4, 0.5) is 5.00 Å². The molecule has 0 atom stereocenters. The van der Waals surface area contributed by atoms with Gasteiger partial charge in [-0.3, -0.25) is 9.52 Å². The maximum atomic E-state index is 12.1. The summed E-state index contributed by atoms with van der Waals surface area (Å²) in [6.45, 7) is 1.73. The number of hydrogen-bond acceptors (Lipinski definition) is 6. The summed E-state index contributed by atoms with van der Waals surface area (Å²) in [6, 6.07) is 5.94. The normalized spacial score (nSPS) is 11.2. The number of aromatic nitrogens is 2. The van der Waals surface area contributed by atoms with Gasteiger partial charge in [-0.15, -0.1) is 5.10 Å². The molecule has 2 rings (SSSR count). The number of Topliss-reactive ketones (excluding diaryl/α,β-unsaturated/α-hetero) is 1. The number of anilines is 1. The van der Waals surface area contributed by atoms with Gasteiger partial charge in [-0.2, -0.15) is 0 Å². The van der Waals surface area contributed by atoms with Crippen molar-refractivity contribution in [3.8, 4) is 0 Å². The molecule has 8 heteroatoms. The number of hydrogen-bond donors (Lipinski definition) is 1. The van der Waals surface area contributed by atoms with Gasteiger partial charge in [-0.05, 0) is 12.1 Å². The Bertz CT molecular complexity index is 681. The van der Waals surface area contributed by atoms with Crippen molar-refractivity contribution in [1.82, 2.24) is 9.59 Å². The van der Waals surface area contributed by atoms with E-state index >= 15 is 0 Å². The SMILES string of the molecule is CCC(=O)c1cccc(S(=O)(=O)Nc2cnns2)c1. The Morgan fingerprint density at radius 2 is 2.21 bits per heavy atom. The maximum Gasteiger partial charge on any atom is 0.262 e. The van der Waals surface area contributed by atoms with E-state index < -0.39 is 10.0 Å². The Morgan fingerprint density at radius 1 is 1.42 bits per heavy atom. The molecule has 1 aromatic heterocycles. The van der Waals surface area contributed by atoms with Gasteiger partial charge in [0.15, 0.2) is 5.78 Å². The van der Waals surface area contributed by atoms with E-state index in [0.717, 1.165) is 11.5 Å². The van der Waals surface area contributed by atoms with E-state index in [1.54, 1.807) is 19.1 Å². The highest BCUT2D eigenvalue weighted by molar-refractivity contribution is 7.93. The summed E-state index contributed by atoms with van der Waals surface area (Å²) >= 11 is 0.941. The van der Waals surface area contributed by atoms with Gasteiger partial charge >= 0.3 is 0 Å². The fourth-order valence-corrected chi connectivity index (χ4v) is 3.17. The van der Waals surface area contributed by atoms with E-state index in [9.17, 15) is 13.2 Å². The summed E-state index contributed by atoms with van der Waals surface area (Å²) < 4.78 is 30.1. The molecule has 1 N–H and O–H groups in total. The molecule has 0 fully saturated rings. The molecule has 0 spiro atoms. The van der Waals surface area contributed by atoms with E-state index in [4.69, 9.17) is 0 Å². The van der Waals surface area contributed by atoms with Crippen molar-refractivity contribution in [2.45, 2.75) is 18.2 Å². The van der Waals surface area contributed by atoms with Crippen LogP contribution in [0.15, 0.2) is 35.4 Å². The molecule has 1 heterocycles. The van der Waals surface area contributed by atoms with Gasteiger partial charge in [0.2, 0.25) is 0 Å². The highest BCUT2D eigenvalue weighted by atomic mass is 32.2. The van der Waals surface area contributed by atoms with Crippen LogP contribution in [0.3, 0.4) is 0 Å². The highest BCUT2D eigenvalue weighted by Gasteiger charge is 2.16. The first-order valence-corrected chi connectivity index (χ1v) is 7.72. The fourth-order valence-electron chi connectivity index (χ4n) is 1.44. The molecule has 0 bridgehead atoms. The molecule has 0 unspecified atom stereocenters. The standard InChI is InChI=1S/C11H11N3O3S2/c1-2-10(15)8-4-3-5-9(6-8)19(16,17)13-11-7-12-14-18-11/h3-7,13H,2H2,1H3. The molecule has 0 aliphatic rings. The van der Waals surface area contributed by atoms with Gasteiger partial charge in [0.1, 0.15) is 5.00 Å². The molecular formula is C11H11N3O3S2. The predicted octanol–water partition coefficient (Wildman–Crippen LogP) is 1.93. The first-order valence-electron chi connectivity index (χ1n) is 5.46. The fraction of sp³-hybridized carbons (Fsp3) is 0.182. The first kappa shape index (κ1) is 13.6. The second-order valence-corrected chi connectivity index (χ2v) is 6.16. The molecule has 0 saturated carbocycles. The third-order valence-electron chi connectivity index (χ3n) is 2.38. The average molecular weight is 297 g/mol. The lowest BCUT2D eigenvalue weighted by Gasteiger charge is -2.06. The monoisotopic (exact) mass is 297 g/mol. The van der Waals surface area contributed by atoms with E-state index in [1.165, 1.54) is 18.3 Å². The number of ketones is 1. The van der Waals surface area contributed by atoms with Crippen molar-refractivity contribution in [3.05, 3.63) is 36.0 Å².